The number of anilines is 1. The molecule has 0 fully saturated rings. The number of benzene rings is 1. The van der Waals surface area contributed by atoms with Gasteiger partial charge in [-0.3, -0.25) is 19.0 Å². The van der Waals surface area contributed by atoms with Crippen LogP contribution in [0.5, 0.6) is 0 Å². The van der Waals surface area contributed by atoms with Gasteiger partial charge in [0, 0.05) is 32.2 Å². The minimum atomic E-state index is -0.273. The maximum atomic E-state index is 13.2. The van der Waals surface area contributed by atoms with Crippen molar-refractivity contribution in [2.45, 2.75) is 33.2 Å². The Bertz CT molecular complexity index is 1100. The van der Waals surface area contributed by atoms with Gasteiger partial charge >= 0.3 is 0 Å². The molecule has 0 aliphatic rings. The molecule has 0 radical (unpaired) electrons. The van der Waals surface area contributed by atoms with Gasteiger partial charge in [0.2, 0.25) is 0 Å². The zero-order chi connectivity index (χ0) is 21.0. The van der Waals surface area contributed by atoms with Crippen molar-refractivity contribution in [2.75, 3.05) is 19.0 Å². The first kappa shape index (κ1) is 20.9. The number of hydrogen-bond acceptors (Lipinski definition) is 6. The number of methoxy groups -OCH3 is 1. The third-order valence-corrected chi connectivity index (χ3v) is 5.77. The van der Waals surface area contributed by atoms with E-state index in [9.17, 15) is 14.4 Å². The lowest BCUT2D eigenvalue weighted by molar-refractivity contribution is -0.117. The minimum Gasteiger partial charge on any atom is -0.384 e. The van der Waals surface area contributed by atoms with Crippen LogP contribution in [0.15, 0.2) is 35.1 Å². The zero-order valence-corrected chi connectivity index (χ0v) is 17.5. The second kappa shape index (κ2) is 9.11. The van der Waals surface area contributed by atoms with Crippen LogP contribution in [-0.2, 0) is 22.5 Å². The van der Waals surface area contributed by atoms with E-state index >= 15 is 0 Å². The molecule has 1 amide bonds. The fourth-order valence-electron chi connectivity index (χ4n) is 3.07. The molecule has 0 atom stereocenters. The van der Waals surface area contributed by atoms with Crippen LogP contribution in [0, 0.1) is 6.92 Å². The van der Waals surface area contributed by atoms with E-state index in [1.54, 1.807) is 26.2 Å². The highest BCUT2D eigenvalue weighted by Gasteiger charge is 2.21. The Hall–Kier alpha value is -2.84. The first-order chi connectivity index (χ1) is 13.9. The van der Waals surface area contributed by atoms with E-state index in [4.69, 9.17) is 4.74 Å². The molecular weight excluding hydrogens is 390 g/mol. The highest BCUT2D eigenvalue weighted by atomic mass is 32.1. The summed E-state index contributed by atoms with van der Waals surface area (Å²) < 4.78 is 6.66. The fourth-order valence-corrected chi connectivity index (χ4v) is 4.15. The van der Waals surface area contributed by atoms with Gasteiger partial charge in [0.25, 0.3) is 11.5 Å². The smallest absolute Gasteiger partial charge is 0.266 e. The summed E-state index contributed by atoms with van der Waals surface area (Å²) in [5.74, 6) is 0.284. The van der Waals surface area contributed by atoms with E-state index in [0.29, 0.717) is 45.2 Å². The summed E-state index contributed by atoms with van der Waals surface area (Å²) >= 11 is 1.20. The first-order valence-corrected chi connectivity index (χ1v) is 10.1. The van der Waals surface area contributed by atoms with Gasteiger partial charge in [0.05, 0.1) is 16.9 Å². The van der Waals surface area contributed by atoms with Crippen molar-refractivity contribution in [3.05, 3.63) is 57.0 Å². The summed E-state index contributed by atoms with van der Waals surface area (Å²) in [6, 6.07) is 9.15. The van der Waals surface area contributed by atoms with E-state index in [0.717, 1.165) is 0 Å². The number of ketones is 1. The summed E-state index contributed by atoms with van der Waals surface area (Å²) in [5, 5.41) is 3.28. The Balaban J connectivity index is 2.05. The van der Waals surface area contributed by atoms with Crippen LogP contribution in [0.1, 0.15) is 34.4 Å². The lowest BCUT2D eigenvalue weighted by Gasteiger charge is -2.11. The predicted molar refractivity (Wildman–Crippen MR) is 114 cm³/mol. The molecule has 8 heteroatoms. The number of para-hydroxylation sites is 1. The quantitative estimate of drug-likeness (QED) is 0.612. The number of thiophene rings is 1. The number of aromatic nitrogens is 2. The molecule has 0 aliphatic carbocycles. The summed E-state index contributed by atoms with van der Waals surface area (Å²) in [6.07, 6.45) is 0.694. The molecule has 1 N–H and O–H groups in total. The summed E-state index contributed by atoms with van der Waals surface area (Å²) in [6.45, 7) is 3.92. The van der Waals surface area contributed by atoms with Gasteiger partial charge in [0.1, 0.15) is 16.4 Å². The number of nitrogens with one attached hydrogen (secondary N) is 1. The van der Waals surface area contributed by atoms with Crippen molar-refractivity contribution in [3.8, 4) is 0 Å². The number of amides is 1. The topological polar surface area (TPSA) is 90.3 Å². The zero-order valence-electron chi connectivity index (χ0n) is 16.7. The van der Waals surface area contributed by atoms with Gasteiger partial charge in [-0.05, 0) is 31.5 Å². The van der Waals surface area contributed by atoms with Gasteiger partial charge in [-0.1, -0.05) is 18.2 Å². The number of carbonyl (C=O) groups is 2. The number of rotatable bonds is 8. The SMILES string of the molecule is COCCc1nc2sc(C(=O)Nc3ccccc3)c(C)c2c(=O)n1CCC(C)=O. The molecule has 2 heterocycles. The average molecular weight is 413 g/mol. The average Bonchev–Trinajstić information content (AvgIpc) is 3.03. The van der Waals surface area contributed by atoms with Gasteiger partial charge in [0.15, 0.2) is 0 Å². The summed E-state index contributed by atoms with van der Waals surface area (Å²) in [4.78, 5) is 43.0. The maximum absolute atomic E-state index is 13.2. The van der Waals surface area contributed by atoms with Crippen LogP contribution < -0.4 is 10.9 Å². The number of hydrogen-bond donors (Lipinski definition) is 1. The molecule has 0 bridgehead atoms. The molecule has 29 heavy (non-hydrogen) atoms. The summed E-state index contributed by atoms with van der Waals surface area (Å²) in [5.41, 5.74) is 1.06. The highest BCUT2D eigenvalue weighted by Crippen LogP contribution is 2.28. The van der Waals surface area contributed by atoms with Crippen molar-refractivity contribution in [3.63, 3.8) is 0 Å². The Kier molecular flexibility index (Phi) is 6.56. The molecule has 0 spiro atoms. The van der Waals surface area contributed by atoms with Crippen LogP contribution in [0.3, 0.4) is 0 Å². The Morgan fingerprint density at radius 3 is 2.62 bits per heavy atom. The number of carbonyl (C=O) groups excluding carboxylic acids is 2. The normalized spacial score (nSPS) is 11.0. The molecule has 152 valence electrons. The molecule has 3 aromatic rings. The fraction of sp³-hybridized carbons (Fsp3) is 0.333. The Morgan fingerprint density at radius 1 is 1.24 bits per heavy atom. The van der Waals surface area contributed by atoms with Gasteiger partial charge in [-0.2, -0.15) is 0 Å². The van der Waals surface area contributed by atoms with Crippen LogP contribution in [0.2, 0.25) is 0 Å². The molecule has 3 rings (SSSR count). The second-order valence-electron chi connectivity index (χ2n) is 6.74. The molecule has 0 saturated carbocycles. The number of fused-ring (bicyclic) bond motifs is 1. The van der Waals surface area contributed by atoms with Crippen molar-refractivity contribution < 1.29 is 14.3 Å². The molecule has 7 nitrogen and oxygen atoms in total. The molecule has 0 saturated heterocycles. The van der Waals surface area contributed by atoms with Crippen LogP contribution in [0.4, 0.5) is 5.69 Å². The third kappa shape index (κ3) is 4.60. The lowest BCUT2D eigenvalue weighted by Crippen LogP contribution is -2.27. The van der Waals surface area contributed by atoms with Crippen LogP contribution in [-0.4, -0.2) is 35.0 Å². The largest absolute Gasteiger partial charge is 0.384 e. The Morgan fingerprint density at radius 2 is 1.97 bits per heavy atom. The van der Waals surface area contributed by atoms with Crippen LogP contribution in [0.25, 0.3) is 10.2 Å². The molecular formula is C21H23N3O4S. The number of ether oxygens (including phenoxy) is 1. The molecule has 0 unspecified atom stereocenters. The first-order valence-electron chi connectivity index (χ1n) is 9.30. The van der Waals surface area contributed by atoms with E-state index in [-0.39, 0.29) is 30.2 Å². The number of aryl methyl sites for hydroxylation is 1. The highest BCUT2D eigenvalue weighted by molar-refractivity contribution is 7.20. The number of Topliss-reactive ketones (excluding diaryl/α,β-unsaturated/α-hetero) is 1. The van der Waals surface area contributed by atoms with Crippen molar-refractivity contribution in [1.29, 1.82) is 0 Å². The number of nitrogens with zero attached hydrogens (tertiary/aromatic N) is 2. The molecule has 1 aromatic carbocycles. The third-order valence-electron chi connectivity index (χ3n) is 4.58. The van der Waals surface area contributed by atoms with E-state index in [1.165, 1.54) is 22.8 Å². The van der Waals surface area contributed by atoms with Gasteiger partial charge < -0.3 is 10.1 Å². The summed E-state index contributed by atoms with van der Waals surface area (Å²) in [7, 11) is 1.58. The van der Waals surface area contributed by atoms with Crippen LogP contribution >= 0.6 is 11.3 Å². The van der Waals surface area contributed by atoms with E-state index < -0.39 is 0 Å². The van der Waals surface area contributed by atoms with Crippen molar-refractivity contribution in [1.82, 2.24) is 9.55 Å². The van der Waals surface area contributed by atoms with Gasteiger partial charge in [-0.15, -0.1) is 11.3 Å². The van der Waals surface area contributed by atoms with Crippen molar-refractivity contribution >= 4 is 38.9 Å². The monoisotopic (exact) mass is 413 g/mol. The second-order valence-corrected chi connectivity index (χ2v) is 7.74. The lowest BCUT2D eigenvalue weighted by atomic mass is 10.2. The van der Waals surface area contributed by atoms with E-state index in [2.05, 4.69) is 10.3 Å². The van der Waals surface area contributed by atoms with E-state index in [1.807, 2.05) is 18.2 Å². The molecule has 2 aromatic heterocycles. The standard InChI is InChI=1S/C21H23N3O4S/c1-13(25)9-11-24-16(10-12-28-3)23-20-17(21(24)27)14(2)18(29-20)19(26)22-15-7-5-4-6-8-15/h4-8H,9-12H2,1-3H3,(H,22,26). The maximum Gasteiger partial charge on any atom is 0.266 e. The predicted octanol–water partition coefficient (Wildman–Crippen LogP) is 3.19. The Labute approximate surface area is 172 Å². The molecule has 0 aliphatic heterocycles. The van der Waals surface area contributed by atoms with Crippen molar-refractivity contribution in [2.24, 2.45) is 0 Å². The minimum absolute atomic E-state index is 0.000318. The van der Waals surface area contributed by atoms with Gasteiger partial charge in [-0.25, -0.2) is 4.98 Å².